The topological polar surface area (TPSA) is 46.2 Å². The largest absolute Gasteiger partial charge is 0.385 e. The number of aryl methyl sites for hydroxylation is 1. The van der Waals surface area contributed by atoms with Crippen molar-refractivity contribution in [3.8, 4) is 0 Å². The summed E-state index contributed by atoms with van der Waals surface area (Å²) < 4.78 is 23.3. The van der Waals surface area contributed by atoms with Gasteiger partial charge in [0.15, 0.2) is 9.84 Å². The van der Waals surface area contributed by atoms with Crippen molar-refractivity contribution in [1.82, 2.24) is 0 Å². The maximum absolute atomic E-state index is 11.7. The SMILES string of the molecule is Cc1ccc(NCC2CC=CCC2)cc1S(C)(=O)=O. The molecular formula is C15H21NO2S. The molecule has 0 bridgehead atoms. The number of hydrogen-bond acceptors (Lipinski definition) is 3. The molecular weight excluding hydrogens is 258 g/mol. The summed E-state index contributed by atoms with van der Waals surface area (Å²) >= 11 is 0. The summed E-state index contributed by atoms with van der Waals surface area (Å²) in [5, 5.41) is 3.36. The van der Waals surface area contributed by atoms with Crippen LogP contribution < -0.4 is 5.32 Å². The Labute approximate surface area is 115 Å². The molecule has 1 unspecified atom stereocenters. The third-order valence-electron chi connectivity index (χ3n) is 3.56. The lowest BCUT2D eigenvalue weighted by Gasteiger charge is -2.19. The number of anilines is 1. The number of hydrogen-bond donors (Lipinski definition) is 1. The van der Waals surface area contributed by atoms with Crippen LogP contribution in [0, 0.1) is 12.8 Å². The van der Waals surface area contributed by atoms with Crippen LogP contribution in [0.3, 0.4) is 0 Å². The van der Waals surface area contributed by atoms with Crippen molar-refractivity contribution < 1.29 is 8.42 Å². The van der Waals surface area contributed by atoms with Gasteiger partial charge in [0, 0.05) is 18.5 Å². The Hall–Kier alpha value is -1.29. The quantitative estimate of drug-likeness (QED) is 0.861. The molecule has 1 aliphatic carbocycles. The van der Waals surface area contributed by atoms with Gasteiger partial charge in [-0.05, 0) is 49.8 Å². The van der Waals surface area contributed by atoms with Crippen LogP contribution in [0.1, 0.15) is 24.8 Å². The monoisotopic (exact) mass is 279 g/mol. The van der Waals surface area contributed by atoms with Gasteiger partial charge >= 0.3 is 0 Å². The molecule has 19 heavy (non-hydrogen) atoms. The van der Waals surface area contributed by atoms with E-state index in [1.165, 1.54) is 12.7 Å². The van der Waals surface area contributed by atoms with Crippen LogP contribution in [0.5, 0.6) is 0 Å². The second-order valence-corrected chi connectivity index (χ2v) is 7.27. The molecule has 0 radical (unpaired) electrons. The van der Waals surface area contributed by atoms with Crippen molar-refractivity contribution in [3.63, 3.8) is 0 Å². The highest BCUT2D eigenvalue weighted by Crippen LogP contribution is 2.22. The molecule has 0 aromatic heterocycles. The highest BCUT2D eigenvalue weighted by atomic mass is 32.2. The van der Waals surface area contributed by atoms with Crippen LogP contribution in [0.25, 0.3) is 0 Å². The van der Waals surface area contributed by atoms with Crippen LogP contribution in [0.4, 0.5) is 5.69 Å². The average molecular weight is 279 g/mol. The standard InChI is InChI=1S/C15H21NO2S/c1-12-8-9-14(10-15(12)19(2,17)18)16-11-13-6-4-3-5-7-13/h3-4,8-10,13,16H,5-7,11H2,1-2H3. The predicted octanol–water partition coefficient (Wildman–Crippen LogP) is 3.17. The van der Waals surface area contributed by atoms with Gasteiger partial charge in [-0.1, -0.05) is 18.2 Å². The Morgan fingerprint density at radius 1 is 1.32 bits per heavy atom. The molecule has 4 heteroatoms. The maximum atomic E-state index is 11.7. The second kappa shape index (κ2) is 5.78. The fourth-order valence-corrected chi connectivity index (χ4v) is 3.41. The van der Waals surface area contributed by atoms with Crippen molar-refractivity contribution in [3.05, 3.63) is 35.9 Å². The van der Waals surface area contributed by atoms with Gasteiger partial charge in [-0.2, -0.15) is 0 Å². The van der Waals surface area contributed by atoms with E-state index in [0.29, 0.717) is 10.8 Å². The van der Waals surface area contributed by atoms with Crippen molar-refractivity contribution in [2.45, 2.75) is 31.1 Å². The van der Waals surface area contributed by atoms with Crippen molar-refractivity contribution in [2.75, 3.05) is 18.1 Å². The molecule has 104 valence electrons. The van der Waals surface area contributed by atoms with Crippen molar-refractivity contribution in [1.29, 1.82) is 0 Å². The third-order valence-corrected chi connectivity index (χ3v) is 4.80. The smallest absolute Gasteiger partial charge is 0.175 e. The van der Waals surface area contributed by atoms with Crippen molar-refractivity contribution in [2.24, 2.45) is 5.92 Å². The number of allylic oxidation sites excluding steroid dienone is 2. The minimum Gasteiger partial charge on any atom is -0.385 e. The molecule has 1 atom stereocenters. The Bertz CT molecular complexity index is 576. The Morgan fingerprint density at radius 2 is 2.11 bits per heavy atom. The fraction of sp³-hybridized carbons (Fsp3) is 0.467. The van der Waals surface area contributed by atoms with Crippen LogP contribution >= 0.6 is 0 Å². The number of nitrogens with one attached hydrogen (secondary N) is 1. The summed E-state index contributed by atoms with van der Waals surface area (Å²) in [6.45, 7) is 2.72. The predicted molar refractivity (Wildman–Crippen MR) is 79.3 cm³/mol. The van der Waals surface area contributed by atoms with Gasteiger partial charge in [-0.25, -0.2) is 8.42 Å². The van der Waals surface area contributed by atoms with Gasteiger partial charge in [0.1, 0.15) is 0 Å². The first-order valence-electron chi connectivity index (χ1n) is 6.66. The molecule has 2 rings (SSSR count). The van der Waals surface area contributed by atoms with E-state index < -0.39 is 9.84 Å². The van der Waals surface area contributed by atoms with E-state index >= 15 is 0 Å². The highest BCUT2D eigenvalue weighted by Gasteiger charge is 2.13. The van der Waals surface area contributed by atoms with Crippen LogP contribution in [-0.4, -0.2) is 21.2 Å². The number of sulfone groups is 1. The molecule has 0 spiro atoms. The van der Waals surface area contributed by atoms with Gasteiger partial charge in [0.2, 0.25) is 0 Å². The third kappa shape index (κ3) is 3.83. The minimum atomic E-state index is -3.15. The zero-order valence-electron chi connectivity index (χ0n) is 11.5. The average Bonchev–Trinajstić information content (AvgIpc) is 2.37. The number of benzene rings is 1. The molecule has 0 amide bonds. The molecule has 0 saturated carbocycles. The van der Waals surface area contributed by atoms with Gasteiger partial charge in [0.25, 0.3) is 0 Å². The summed E-state index contributed by atoms with van der Waals surface area (Å²) in [5.74, 6) is 0.646. The summed E-state index contributed by atoms with van der Waals surface area (Å²) in [6, 6.07) is 5.55. The van der Waals surface area contributed by atoms with Gasteiger partial charge in [-0.3, -0.25) is 0 Å². The molecule has 1 aromatic rings. The second-order valence-electron chi connectivity index (χ2n) is 5.28. The lowest BCUT2D eigenvalue weighted by atomic mass is 9.94. The molecule has 3 nitrogen and oxygen atoms in total. The molecule has 1 aromatic carbocycles. The first-order chi connectivity index (χ1) is 8.97. The lowest BCUT2D eigenvalue weighted by molar-refractivity contribution is 0.504. The molecule has 0 aliphatic heterocycles. The molecule has 0 fully saturated rings. The molecule has 0 saturated heterocycles. The van der Waals surface area contributed by atoms with Crippen LogP contribution in [0.2, 0.25) is 0 Å². The van der Waals surface area contributed by atoms with Gasteiger partial charge in [0.05, 0.1) is 4.90 Å². The normalized spacial score (nSPS) is 19.4. The Kier molecular flexibility index (Phi) is 4.30. The zero-order valence-corrected chi connectivity index (χ0v) is 12.3. The lowest BCUT2D eigenvalue weighted by Crippen LogP contribution is -2.15. The van der Waals surface area contributed by atoms with E-state index in [0.717, 1.165) is 30.6 Å². The van der Waals surface area contributed by atoms with E-state index in [9.17, 15) is 8.42 Å². The maximum Gasteiger partial charge on any atom is 0.175 e. The van der Waals surface area contributed by atoms with E-state index in [4.69, 9.17) is 0 Å². The van der Waals surface area contributed by atoms with E-state index in [-0.39, 0.29) is 0 Å². The summed E-state index contributed by atoms with van der Waals surface area (Å²) in [6.07, 6.45) is 9.17. The summed E-state index contributed by atoms with van der Waals surface area (Å²) in [7, 11) is -3.15. The molecule has 0 heterocycles. The van der Waals surface area contributed by atoms with Crippen LogP contribution in [-0.2, 0) is 9.84 Å². The molecule has 1 aliphatic rings. The number of rotatable bonds is 4. The van der Waals surface area contributed by atoms with E-state index in [1.54, 1.807) is 6.07 Å². The van der Waals surface area contributed by atoms with Crippen molar-refractivity contribution >= 4 is 15.5 Å². The fourth-order valence-electron chi connectivity index (χ4n) is 2.41. The van der Waals surface area contributed by atoms with Crippen LogP contribution in [0.15, 0.2) is 35.2 Å². The minimum absolute atomic E-state index is 0.418. The first-order valence-corrected chi connectivity index (χ1v) is 8.55. The Balaban J connectivity index is 2.07. The summed E-state index contributed by atoms with van der Waals surface area (Å²) in [5.41, 5.74) is 1.69. The van der Waals surface area contributed by atoms with E-state index in [1.807, 2.05) is 19.1 Å². The Morgan fingerprint density at radius 3 is 2.74 bits per heavy atom. The van der Waals surface area contributed by atoms with Gasteiger partial charge in [-0.15, -0.1) is 0 Å². The molecule has 1 N–H and O–H groups in total. The van der Waals surface area contributed by atoms with Gasteiger partial charge < -0.3 is 5.32 Å². The zero-order chi connectivity index (χ0) is 13.9. The highest BCUT2D eigenvalue weighted by molar-refractivity contribution is 7.90. The first kappa shape index (κ1) is 14.1. The summed E-state index contributed by atoms with van der Waals surface area (Å²) in [4.78, 5) is 0.418. The van der Waals surface area contributed by atoms with E-state index in [2.05, 4.69) is 17.5 Å².